The maximum atomic E-state index is 12.1. The van der Waals surface area contributed by atoms with Crippen molar-refractivity contribution in [2.75, 3.05) is 6.61 Å². The third-order valence-electron chi connectivity index (χ3n) is 4.02. The number of para-hydroxylation sites is 1. The van der Waals surface area contributed by atoms with Crippen LogP contribution in [0, 0.1) is 0 Å². The summed E-state index contributed by atoms with van der Waals surface area (Å²) in [4.78, 5) is 16.9. The van der Waals surface area contributed by atoms with E-state index in [2.05, 4.69) is 6.07 Å². The molecule has 4 heteroatoms. The maximum Gasteiger partial charge on any atom is 0.206 e. The molecule has 1 aromatic carbocycles. The van der Waals surface area contributed by atoms with Gasteiger partial charge in [0.25, 0.3) is 0 Å². The Bertz CT molecular complexity index is 1060. The summed E-state index contributed by atoms with van der Waals surface area (Å²) in [7, 11) is 0. The Morgan fingerprint density at radius 2 is 2.05 bits per heavy atom. The first-order valence-corrected chi connectivity index (χ1v) is 6.80. The van der Waals surface area contributed by atoms with Crippen LogP contribution < -0.4 is 4.74 Å². The zero-order valence-electron chi connectivity index (χ0n) is 11.0. The Morgan fingerprint density at radius 3 is 3.00 bits per heavy atom. The van der Waals surface area contributed by atoms with E-state index < -0.39 is 0 Å². The van der Waals surface area contributed by atoms with Gasteiger partial charge in [-0.3, -0.25) is 4.79 Å². The molecule has 0 amide bonds. The molecule has 0 spiro atoms. The van der Waals surface area contributed by atoms with Gasteiger partial charge in [0, 0.05) is 23.2 Å². The molecule has 4 heterocycles. The van der Waals surface area contributed by atoms with E-state index in [1.54, 1.807) is 0 Å². The molecule has 4 nitrogen and oxygen atoms in total. The van der Waals surface area contributed by atoms with Gasteiger partial charge in [-0.15, -0.1) is 0 Å². The van der Waals surface area contributed by atoms with Crippen LogP contribution in [0.4, 0.5) is 0 Å². The molecule has 4 aromatic rings. The third kappa shape index (κ3) is 1.34. The number of ketones is 1. The number of aromatic nitrogens is 2. The van der Waals surface area contributed by atoms with Gasteiger partial charge in [0.05, 0.1) is 22.1 Å². The second-order valence-electron chi connectivity index (χ2n) is 5.27. The van der Waals surface area contributed by atoms with Crippen LogP contribution in [0.3, 0.4) is 0 Å². The van der Waals surface area contributed by atoms with E-state index in [-0.39, 0.29) is 12.4 Å². The number of ether oxygens (including phenoxy) is 1. The fourth-order valence-electron chi connectivity index (χ4n) is 3.08. The first-order valence-electron chi connectivity index (χ1n) is 6.80. The summed E-state index contributed by atoms with van der Waals surface area (Å²) in [5.41, 5.74) is 3.28. The number of carbonyl (C=O) groups excluding carboxylic acids is 1. The second kappa shape index (κ2) is 3.61. The highest BCUT2D eigenvalue weighted by Crippen LogP contribution is 2.34. The molecule has 0 radical (unpaired) electrons. The minimum Gasteiger partial charge on any atom is -0.485 e. The number of carbonyl (C=O) groups is 1. The Kier molecular flexibility index (Phi) is 1.86. The van der Waals surface area contributed by atoms with Crippen LogP contribution >= 0.6 is 0 Å². The van der Waals surface area contributed by atoms with E-state index in [4.69, 9.17) is 9.72 Å². The molecular formula is C17H10N2O2. The van der Waals surface area contributed by atoms with Gasteiger partial charge in [-0.25, -0.2) is 4.98 Å². The predicted octanol–water partition coefficient (Wildman–Crippen LogP) is 3.22. The molecule has 0 bridgehead atoms. The Morgan fingerprint density at radius 1 is 1.14 bits per heavy atom. The van der Waals surface area contributed by atoms with Gasteiger partial charge in [-0.1, -0.05) is 18.2 Å². The number of nitrogens with zero attached hydrogens (tertiary/aromatic N) is 2. The number of fused-ring (bicyclic) bond motifs is 6. The molecule has 1 aliphatic rings. The number of pyridine rings is 2. The van der Waals surface area contributed by atoms with Crippen molar-refractivity contribution < 1.29 is 9.53 Å². The number of Topliss-reactive ketones (excluding diaryl/α,β-unsaturated/α-hetero) is 1. The van der Waals surface area contributed by atoms with Crippen LogP contribution in [0.2, 0.25) is 0 Å². The van der Waals surface area contributed by atoms with Crippen molar-refractivity contribution in [3.63, 3.8) is 0 Å². The molecule has 100 valence electrons. The summed E-state index contributed by atoms with van der Waals surface area (Å²) >= 11 is 0. The molecule has 0 saturated heterocycles. The summed E-state index contributed by atoms with van der Waals surface area (Å²) in [6.45, 7) is 0.120. The molecule has 0 fully saturated rings. The topological polar surface area (TPSA) is 43.6 Å². The monoisotopic (exact) mass is 274 g/mol. The van der Waals surface area contributed by atoms with Gasteiger partial charge < -0.3 is 9.14 Å². The quantitative estimate of drug-likeness (QED) is 0.494. The highest BCUT2D eigenvalue weighted by Gasteiger charge is 2.26. The Hall–Kier alpha value is -2.88. The summed E-state index contributed by atoms with van der Waals surface area (Å²) in [6, 6.07) is 11.9. The van der Waals surface area contributed by atoms with Crippen molar-refractivity contribution in [2.24, 2.45) is 0 Å². The standard InChI is InChI=1S/C17H10N2O2/c20-13-9-21-14-5-6-19-8-11-7-10-3-1-2-4-12(10)18-16(11)17(19)15(13)14/h1-8H,9H2. The van der Waals surface area contributed by atoms with Crippen LogP contribution in [0.1, 0.15) is 10.4 Å². The van der Waals surface area contributed by atoms with Gasteiger partial charge >= 0.3 is 0 Å². The molecule has 0 saturated carbocycles. The van der Waals surface area contributed by atoms with Crippen LogP contribution in [0.15, 0.2) is 48.8 Å². The SMILES string of the molecule is O=C1COc2ccn3cc4cc5ccccc5nc4c3c21. The second-order valence-corrected chi connectivity index (χ2v) is 5.27. The van der Waals surface area contributed by atoms with E-state index in [1.807, 2.05) is 47.1 Å². The van der Waals surface area contributed by atoms with Gasteiger partial charge in [0.1, 0.15) is 5.75 Å². The van der Waals surface area contributed by atoms with Crippen molar-refractivity contribution in [1.82, 2.24) is 9.38 Å². The normalized spacial score (nSPS) is 14.0. The lowest BCUT2D eigenvalue weighted by Gasteiger charge is -2.01. The lowest BCUT2D eigenvalue weighted by Crippen LogP contribution is -2.00. The minimum atomic E-state index is 0.0190. The van der Waals surface area contributed by atoms with Crippen LogP contribution in [-0.2, 0) is 0 Å². The molecular weight excluding hydrogens is 264 g/mol. The first-order chi connectivity index (χ1) is 10.3. The van der Waals surface area contributed by atoms with Crippen LogP contribution in [0.25, 0.3) is 27.3 Å². The zero-order valence-corrected chi connectivity index (χ0v) is 11.0. The number of hydrogen-bond acceptors (Lipinski definition) is 3. The van der Waals surface area contributed by atoms with Gasteiger partial charge in [-0.2, -0.15) is 0 Å². The van der Waals surface area contributed by atoms with E-state index in [0.717, 1.165) is 27.3 Å². The van der Waals surface area contributed by atoms with Crippen LogP contribution in [0.5, 0.6) is 5.75 Å². The van der Waals surface area contributed by atoms with Crippen molar-refractivity contribution in [3.8, 4) is 5.75 Å². The maximum absolute atomic E-state index is 12.1. The summed E-state index contributed by atoms with van der Waals surface area (Å²) in [5.74, 6) is 0.674. The zero-order chi connectivity index (χ0) is 14.0. The molecule has 5 rings (SSSR count). The lowest BCUT2D eigenvalue weighted by molar-refractivity contribution is 0.0962. The summed E-state index contributed by atoms with van der Waals surface area (Å²) in [5, 5.41) is 2.13. The molecule has 0 atom stereocenters. The van der Waals surface area contributed by atoms with Gasteiger partial charge in [0.2, 0.25) is 5.78 Å². The summed E-state index contributed by atoms with van der Waals surface area (Å²) in [6.07, 6.45) is 3.93. The van der Waals surface area contributed by atoms with E-state index >= 15 is 0 Å². The Balaban J connectivity index is 2.03. The Labute approximate surface area is 119 Å². The predicted molar refractivity (Wildman–Crippen MR) is 80.0 cm³/mol. The van der Waals surface area contributed by atoms with Crippen molar-refractivity contribution >= 4 is 33.1 Å². The molecule has 0 aliphatic carbocycles. The minimum absolute atomic E-state index is 0.0190. The van der Waals surface area contributed by atoms with Gasteiger partial charge in [0.15, 0.2) is 6.61 Å². The third-order valence-corrected chi connectivity index (χ3v) is 4.02. The molecule has 0 unspecified atom stereocenters. The highest BCUT2D eigenvalue weighted by molar-refractivity contribution is 6.14. The average molecular weight is 274 g/mol. The van der Waals surface area contributed by atoms with Crippen LogP contribution in [-0.4, -0.2) is 21.8 Å². The van der Waals surface area contributed by atoms with Gasteiger partial charge in [-0.05, 0) is 18.2 Å². The fourth-order valence-corrected chi connectivity index (χ4v) is 3.08. The molecule has 3 aromatic heterocycles. The van der Waals surface area contributed by atoms with E-state index in [1.165, 1.54) is 0 Å². The number of rotatable bonds is 0. The fraction of sp³-hybridized carbons (Fsp3) is 0.0588. The van der Waals surface area contributed by atoms with Crippen molar-refractivity contribution in [3.05, 3.63) is 54.4 Å². The molecule has 21 heavy (non-hydrogen) atoms. The smallest absolute Gasteiger partial charge is 0.206 e. The number of benzene rings is 1. The average Bonchev–Trinajstić information content (AvgIpc) is 3.05. The molecule has 1 aliphatic heterocycles. The number of hydrogen-bond donors (Lipinski definition) is 0. The van der Waals surface area contributed by atoms with E-state index in [9.17, 15) is 4.79 Å². The largest absolute Gasteiger partial charge is 0.485 e. The highest BCUT2D eigenvalue weighted by atomic mass is 16.5. The van der Waals surface area contributed by atoms with E-state index in [0.29, 0.717) is 11.3 Å². The first kappa shape index (κ1) is 10.9. The van der Waals surface area contributed by atoms with Crippen molar-refractivity contribution in [1.29, 1.82) is 0 Å². The molecule has 0 N–H and O–H groups in total. The van der Waals surface area contributed by atoms with Crippen molar-refractivity contribution in [2.45, 2.75) is 0 Å². The summed E-state index contributed by atoms with van der Waals surface area (Å²) < 4.78 is 7.39. The lowest BCUT2D eigenvalue weighted by atomic mass is 10.1.